The van der Waals surface area contributed by atoms with E-state index >= 15 is 0 Å². The van der Waals surface area contributed by atoms with E-state index in [1.807, 2.05) is 0 Å². The number of aromatic nitrogens is 3. The van der Waals surface area contributed by atoms with Gasteiger partial charge in [0.15, 0.2) is 5.58 Å². The molecule has 6 N–H and O–H groups in total. The number of nitrogens with one attached hydrogen (secondary N) is 2. The summed E-state index contributed by atoms with van der Waals surface area (Å²) >= 11 is 0. The van der Waals surface area contributed by atoms with Gasteiger partial charge in [-0.2, -0.15) is 4.98 Å². The summed E-state index contributed by atoms with van der Waals surface area (Å²) in [5.74, 6) is -0.601. The number of anilines is 4. The van der Waals surface area contributed by atoms with Crippen molar-refractivity contribution in [2.24, 2.45) is 5.73 Å². The maximum atomic E-state index is 12.0. The summed E-state index contributed by atoms with van der Waals surface area (Å²) in [6, 6.07) is 11.2. The molecule has 2 aromatic heterocycles. The zero-order valence-electron chi connectivity index (χ0n) is 17.6. The summed E-state index contributed by atoms with van der Waals surface area (Å²) in [7, 11) is -4.78. The Kier molecular flexibility index (Phi) is 8.13. The number of carbonyl (C=O) groups excluding carboxylic acids is 1. The van der Waals surface area contributed by atoms with Crippen LogP contribution in [0.1, 0.15) is 15.9 Å². The number of rotatable bonds is 8. The second kappa shape index (κ2) is 10.7. The van der Waals surface area contributed by atoms with Crippen molar-refractivity contribution >= 4 is 77.5 Å². The van der Waals surface area contributed by atoms with Gasteiger partial charge in [-0.3, -0.25) is 9.32 Å². The third-order valence-corrected chi connectivity index (χ3v) is 5.13. The number of nitrogens with zero attached hydrogens (tertiary/aromatic N) is 3. The summed E-state index contributed by atoms with van der Waals surface area (Å²) in [5, 5.41) is 6.15. The standard InChI is InChI=1S/C20H19N6O7P.Na.H/c1-11-9-22-19(24-13-4-2-12(3-5-13)17(21)27)25-18(11)23-14-6-7-16-15(8-14)26(20(28)33-16)10-32-34(29,30)31;;/h2-9H,10H2,1H3,(H2,21,27)(H2,29,30,31)(H2,22,23,24,25);;. The molecule has 0 saturated heterocycles. The van der Waals surface area contributed by atoms with E-state index in [9.17, 15) is 14.2 Å². The fourth-order valence-electron chi connectivity index (χ4n) is 3.01. The molecular weight excluding hydrogens is 490 g/mol. The van der Waals surface area contributed by atoms with Crippen LogP contribution >= 0.6 is 7.82 Å². The number of amides is 1. The van der Waals surface area contributed by atoms with Gasteiger partial charge in [0.05, 0.1) is 5.52 Å². The number of primary amides is 1. The van der Waals surface area contributed by atoms with Crippen LogP contribution in [0, 0.1) is 6.92 Å². The molecular formula is C20H20N6NaO7P. The van der Waals surface area contributed by atoms with E-state index in [1.165, 1.54) is 6.07 Å². The first-order valence-electron chi connectivity index (χ1n) is 9.70. The molecule has 0 atom stereocenters. The fraction of sp³-hybridized carbons (Fsp3) is 0.100. The average molecular weight is 510 g/mol. The van der Waals surface area contributed by atoms with Gasteiger partial charge in [-0.15, -0.1) is 0 Å². The molecule has 35 heavy (non-hydrogen) atoms. The topological polar surface area (TPSA) is 195 Å². The molecule has 13 nitrogen and oxygen atoms in total. The Morgan fingerprint density at radius 1 is 1.17 bits per heavy atom. The van der Waals surface area contributed by atoms with E-state index in [4.69, 9.17) is 19.9 Å². The first kappa shape index (κ1) is 26.6. The van der Waals surface area contributed by atoms with Gasteiger partial charge >= 0.3 is 43.1 Å². The second-order valence-corrected chi connectivity index (χ2v) is 8.38. The van der Waals surface area contributed by atoms with E-state index in [-0.39, 0.29) is 46.6 Å². The number of carbonyl (C=O) groups is 1. The van der Waals surface area contributed by atoms with Crippen molar-refractivity contribution in [3.8, 4) is 0 Å². The van der Waals surface area contributed by atoms with Crippen LogP contribution in [0.25, 0.3) is 11.1 Å². The average Bonchev–Trinajstić information content (AvgIpc) is 3.09. The maximum absolute atomic E-state index is 12.0. The van der Waals surface area contributed by atoms with Crippen molar-refractivity contribution in [1.82, 2.24) is 14.5 Å². The van der Waals surface area contributed by atoms with Gasteiger partial charge in [-0.05, 0) is 49.4 Å². The summed E-state index contributed by atoms with van der Waals surface area (Å²) < 4.78 is 21.5. The molecule has 0 bridgehead atoms. The normalized spacial score (nSPS) is 11.2. The molecule has 0 aliphatic rings. The van der Waals surface area contributed by atoms with Gasteiger partial charge < -0.3 is 30.6 Å². The molecule has 15 heteroatoms. The van der Waals surface area contributed by atoms with Crippen LogP contribution in [0.2, 0.25) is 0 Å². The third kappa shape index (κ3) is 6.55. The van der Waals surface area contributed by atoms with Gasteiger partial charge in [0.25, 0.3) is 0 Å². The Bertz CT molecular complexity index is 1480. The Balaban J connectivity index is 0.00000342. The number of oxazole rings is 1. The fourth-order valence-corrected chi connectivity index (χ4v) is 3.27. The zero-order chi connectivity index (χ0) is 24.5. The van der Waals surface area contributed by atoms with Gasteiger partial charge in [-0.25, -0.2) is 18.9 Å². The molecule has 0 aliphatic carbocycles. The van der Waals surface area contributed by atoms with E-state index in [0.29, 0.717) is 22.8 Å². The number of hydrogen-bond donors (Lipinski definition) is 5. The first-order valence-corrected chi connectivity index (χ1v) is 11.2. The quantitative estimate of drug-likeness (QED) is 0.171. The predicted octanol–water partition coefficient (Wildman–Crippen LogP) is 1.70. The second-order valence-electron chi connectivity index (χ2n) is 7.14. The Hall–Kier alpha value is -3.03. The first-order chi connectivity index (χ1) is 16.1. The molecule has 2 aromatic carbocycles. The molecule has 0 spiro atoms. The summed E-state index contributed by atoms with van der Waals surface area (Å²) in [6.45, 7) is 1.11. The third-order valence-electron chi connectivity index (χ3n) is 4.68. The number of fused-ring (bicyclic) bond motifs is 1. The summed E-state index contributed by atoms with van der Waals surface area (Å²) in [4.78, 5) is 49.8. The SMILES string of the molecule is Cc1cnc(Nc2ccc(C(N)=O)cc2)nc1Nc1ccc2oc(=O)n(COP(=O)(O)O)c2c1.[NaH]. The Morgan fingerprint density at radius 2 is 1.86 bits per heavy atom. The van der Waals surface area contributed by atoms with Crippen LogP contribution in [-0.4, -0.2) is 59.8 Å². The van der Waals surface area contributed by atoms with E-state index in [0.717, 1.165) is 10.1 Å². The minimum atomic E-state index is -4.78. The van der Waals surface area contributed by atoms with Crippen LogP contribution < -0.4 is 22.1 Å². The molecule has 0 aliphatic heterocycles. The molecule has 4 aromatic rings. The van der Waals surface area contributed by atoms with Crippen molar-refractivity contribution in [1.29, 1.82) is 0 Å². The predicted molar refractivity (Wildman–Crippen MR) is 129 cm³/mol. The zero-order valence-corrected chi connectivity index (χ0v) is 18.5. The van der Waals surface area contributed by atoms with Crippen molar-refractivity contribution in [3.63, 3.8) is 0 Å². The Morgan fingerprint density at radius 3 is 2.51 bits per heavy atom. The number of phosphoric ester groups is 1. The minimum absolute atomic E-state index is 0. The van der Waals surface area contributed by atoms with Crippen molar-refractivity contribution in [2.45, 2.75) is 13.7 Å². The number of aryl methyl sites for hydroxylation is 1. The number of phosphoric acid groups is 1. The molecule has 0 unspecified atom stereocenters. The molecule has 1 amide bonds. The van der Waals surface area contributed by atoms with Crippen LogP contribution in [0.15, 0.2) is 57.9 Å². The van der Waals surface area contributed by atoms with Gasteiger partial charge in [-0.1, -0.05) is 0 Å². The molecule has 0 fully saturated rings. The summed E-state index contributed by atoms with van der Waals surface area (Å²) in [5.41, 5.74) is 8.00. The number of benzene rings is 2. The van der Waals surface area contributed by atoms with Crippen molar-refractivity contribution < 1.29 is 28.1 Å². The monoisotopic (exact) mass is 510 g/mol. The Labute approximate surface area is 219 Å². The van der Waals surface area contributed by atoms with Gasteiger partial charge in [0, 0.05) is 28.7 Å². The van der Waals surface area contributed by atoms with E-state index < -0.39 is 26.2 Å². The molecule has 0 saturated carbocycles. The molecule has 4 rings (SSSR count). The molecule has 2 heterocycles. The van der Waals surface area contributed by atoms with Gasteiger partial charge in [0.1, 0.15) is 12.5 Å². The van der Waals surface area contributed by atoms with Crippen LogP contribution in [0.3, 0.4) is 0 Å². The van der Waals surface area contributed by atoms with Gasteiger partial charge in [0.2, 0.25) is 11.9 Å². The number of hydrogen-bond acceptors (Lipinski definition) is 9. The van der Waals surface area contributed by atoms with E-state index in [2.05, 4.69) is 25.1 Å². The summed E-state index contributed by atoms with van der Waals surface area (Å²) in [6.07, 6.45) is 1.61. The van der Waals surface area contributed by atoms with Crippen molar-refractivity contribution in [3.05, 3.63) is 70.3 Å². The molecule has 178 valence electrons. The van der Waals surface area contributed by atoms with E-state index in [1.54, 1.807) is 49.5 Å². The molecule has 0 radical (unpaired) electrons. The number of nitrogens with two attached hydrogens (primary N) is 1. The van der Waals surface area contributed by atoms with Crippen LogP contribution in [0.5, 0.6) is 0 Å². The van der Waals surface area contributed by atoms with Crippen LogP contribution in [0.4, 0.5) is 23.1 Å². The van der Waals surface area contributed by atoms with Crippen LogP contribution in [-0.2, 0) is 15.8 Å². The van der Waals surface area contributed by atoms with Crippen molar-refractivity contribution in [2.75, 3.05) is 10.6 Å².